The summed E-state index contributed by atoms with van der Waals surface area (Å²) in [7, 11) is 0. The summed E-state index contributed by atoms with van der Waals surface area (Å²) in [5.41, 5.74) is 2.35. The van der Waals surface area contributed by atoms with E-state index in [0.717, 1.165) is 24.2 Å². The van der Waals surface area contributed by atoms with Crippen LogP contribution in [0.3, 0.4) is 0 Å². The monoisotopic (exact) mass is 328 g/mol. The second-order valence-electron chi connectivity index (χ2n) is 5.93. The smallest absolute Gasteiger partial charge is 0.253 e. The fourth-order valence-electron chi connectivity index (χ4n) is 2.54. The average Bonchev–Trinajstić information content (AvgIpc) is 2.59. The van der Waals surface area contributed by atoms with Gasteiger partial charge in [0.05, 0.1) is 11.6 Å². The average molecular weight is 328 g/mol. The Bertz CT molecular complexity index is 655. The number of halogens is 1. The number of unbranched alkanes of at least 4 members (excludes halogenated alkanes) is 2. The minimum Gasteiger partial charge on any atom is -0.384 e. The van der Waals surface area contributed by atoms with Gasteiger partial charge >= 0.3 is 0 Å². The molecule has 0 bridgehead atoms. The van der Waals surface area contributed by atoms with Crippen molar-refractivity contribution in [1.82, 2.24) is 5.32 Å². The van der Waals surface area contributed by atoms with Gasteiger partial charge in [0.2, 0.25) is 0 Å². The van der Waals surface area contributed by atoms with Gasteiger partial charge in [-0.15, -0.1) is 0 Å². The molecule has 2 aromatic carbocycles. The fraction of sp³-hybridized carbons (Fsp3) is 0.350. The van der Waals surface area contributed by atoms with Gasteiger partial charge in [0.1, 0.15) is 5.82 Å². The van der Waals surface area contributed by atoms with Gasteiger partial charge < -0.3 is 10.6 Å². The van der Waals surface area contributed by atoms with E-state index in [4.69, 9.17) is 0 Å². The normalized spacial score (nSPS) is 11.8. The molecule has 24 heavy (non-hydrogen) atoms. The minimum atomic E-state index is -0.279. The van der Waals surface area contributed by atoms with E-state index in [1.807, 2.05) is 31.2 Å². The van der Waals surface area contributed by atoms with Crippen molar-refractivity contribution in [2.24, 2.45) is 0 Å². The number of nitrogens with one attached hydrogen (secondary N) is 2. The third-order valence-electron chi connectivity index (χ3n) is 3.99. The molecule has 4 heteroatoms. The predicted octanol–water partition coefficient (Wildman–Crippen LogP) is 4.92. The van der Waals surface area contributed by atoms with Crippen LogP contribution in [0, 0.1) is 5.82 Å². The van der Waals surface area contributed by atoms with Crippen LogP contribution < -0.4 is 10.6 Å². The lowest BCUT2D eigenvalue weighted by atomic mass is 10.1. The molecule has 0 aliphatic rings. The highest BCUT2D eigenvalue weighted by Gasteiger charge is 2.14. The van der Waals surface area contributed by atoms with Gasteiger partial charge in [-0.25, -0.2) is 4.39 Å². The van der Waals surface area contributed by atoms with E-state index >= 15 is 0 Å². The number of carbonyl (C=O) groups excluding carboxylic acids is 1. The maximum atomic E-state index is 13.0. The zero-order chi connectivity index (χ0) is 17.4. The first kappa shape index (κ1) is 18.0. The lowest BCUT2D eigenvalue weighted by Crippen LogP contribution is -2.27. The summed E-state index contributed by atoms with van der Waals surface area (Å²) in [6.45, 7) is 4.91. The van der Waals surface area contributed by atoms with Crippen LogP contribution in [0.5, 0.6) is 0 Å². The van der Waals surface area contributed by atoms with Crippen molar-refractivity contribution < 1.29 is 9.18 Å². The Morgan fingerprint density at radius 2 is 1.79 bits per heavy atom. The van der Waals surface area contributed by atoms with Crippen molar-refractivity contribution >= 4 is 11.6 Å². The van der Waals surface area contributed by atoms with Crippen LogP contribution in [0.1, 0.15) is 55.1 Å². The summed E-state index contributed by atoms with van der Waals surface area (Å²) in [5.74, 6) is -0.413. The molecule has 2 N–H and O–H groups in total. The number of carbonyl (C=O) groups is 1. The summed E-state index contributed by atoms with van der Waals surface area (Å²) in [5, 5.41) is 6.31. The van der Waals surface area contributed by atoms with Crippen LogP contribution in [-0.2, 0) is 0 Å². The quantitative estimate of drug-likeness (QED) is 0.675. The molecule has 0 aromatic heterocycles. The Hall–Kier alpha value is -2.36. The van der Waals surface area contributed by atoms with Crippen LogP contribution in [0.2, 0.25) is 0 Å². The molecule has 1 unspecified atom stereocenters. The van der Waals surface area contributed by atoms with Crippen molar-refractivity contribution in [3.63, 3.8) is 0 Å². The Balaban J connectivity index is 2.02. The first-order valence-electron chi connectivity index (χ1n) is 8.51. The number of amides is 1. The molecular weight excluding hydrogens is 303 g/mol. The van der Waals surface area contributed by atoms with Crippen LogP contribution in [0.25, 0.3) is 0 Å². The molecule has 1 atom stereocenters. The third kappa shape index (κ3) is 5.08. The number of anilines is 1. The molecule has 2 rings (SSSR count). The Labute approximate surface area is 143 Å². The molecular formula is C20H25FN2O. The Morgan fingerprint density at radius 3 is 2.50 bits per heavy atom. The molecule has 0 spiro atoms. The molecule has 0 saturated carbocycles. The van der Waals surface area contributed by atoms with Crippen LogP contribution >= 0.6 is 0 Å². The topological polar surface area (TPSA) is 41.1 Å². The molecule has 1 amide bonds. The van der Waals surface area contributed by atoms with Gasteiger partial charge in [0.25, 0.3) is 5.91 Å². The first-order chi connectivity index (χ1) is 11.6. The van der Waals surface area contributed by atoms with Crippen LogP contribution in [-0.4, -0.2) is 12.5 Å². The van der Waals surface area contributed by atoms with E-state index in [9.17, 15) is 9.18 Å². The largest absolute Gasteiger partial charge is 0.384 e. The minimum absolute atomic E-state index is 0.134. The van der Waals surface area contributed by atoms with Crippen molar-refractivity contribution in [3.05, 3.63) is 65.5 Å². The third-order valence-corrected chi connectivity index (χ3v) is 3.99. The van der Waals surface area contributed by atoms with Gasteiger partial charge in [-0.1, -0.05) is 44.0 Å². The molecule has 0 radical (unpaired) electrons. The standard InChI is InChI=1S/C20H25FN2O/c1-3-4-7-14-22-19-9-6-5-8-18(19)20(24)23-15(2)16-10-12-17(21)13-11-16/h5-6,8-13,15,22H,3-4,7,14H2,1-2H3,(H,23,24). The fourth-order valence-corrected chi connectivity index (χ4v) is 2.54. The van der Waals surface area contributed by atoms with E-state index in [1.165, 1.54) is 25.0 Å². The van der Waals surface area contributed by atoms with Crippen LogP contribution in [0.15, 0.2) is 48.5 Å². The molecule has 0 aliphatic carbocycles. The maximum absolute atomic E-state index is 13.0. The molecule has 3 nitrogen and oxygen atoms in total. The van der Waals surface area contributed by atoms with E-state index in [0.29, 0.717) is 5.56 Å². The van der Waals surface area contributed by atoms with E-state index < -0.39 is 0 Å². The van der Waals surface area contributed by atoms with E-state index in [1.54, 1.807) is 12.1 Å². The lowest BCUT2D eigenvalue weighted by Gasteiger charge is -2.17. The van der Waals surface area contributed by atoms with Crippen molar-refractivity contribution in [2.75, 3.05) is 11.9 Å². The molecule has 128 valence electrons. The zero-order valence-electron chi connectivity index (χ0n) is 14.3. The van der Waals surface area contributed by atoms with Crippen LogP contribution in [0.4, 0.5) is 10.1 Å². The highest BCUT2D eigenvalue weighted by Crippen LogP contribution is 2.18. The lowest BCUT2D eigenvalue weighted by molar-refractivity contribution is 0.0940. The summed E-state index contributed by atoms with van der Waals surface area (Å²) in [6.07, 6.45) is 3.42. The predicted molar refractivity (Wildman–Crippen MR) is 96.7 cm³/mol. The number of para-hydroxylation sites is 1. The number of benzene rings is 2. The maximum Gasteiger partial charge on any atom is 0.253 e. The first-order valence-corrected chi connectivity index (χ1v) is 8.51. The van der Waals surface area contributed by atoms with Crippen molar-refractivity contribution in [2.45, 2.75) is 39.2 Å². The molecule has 2 aromatic rings. The second kappa shape index (κ2) is 9.06. The summed E-state index contributed by atoms with van der Waals surface area (Å²) >= 11 is 0. The highest BCUT2D eigenvalue weighted by molar-refractivity contribution is 5.99. The highest BCUT2D eigenvalue weighted by atomic mass is 19.1. The number of rotatable bonds is 8. The van der Waals surface area contributed by atoms with Gasteiger partial charge in [0, 0.05) is 12.2 Å². The second-order valence-corrected chi connectivity index (χ2v) is 5.93. The summed E-state index contributed by atoms with van der Waals surface area (Å²) < 4.78 is 13.0. The summed E-state index contributed by atoms with van der Waals surface area (Å²) in [6, 6.07) is 13.5. The Morgan fingerprint density at radius 1 is 1.08 bits per heavy atom. The summed E-state index contributed by atoms with van der Waals surface area (Å²) in [4.78, 5) is 12.6. The molecule has 0 fully saturated rings. The van der Waals surface area contributed by atoms with Gasteiger partial charge in [-0.05, 0) is 43.2 Å². The van der Waals surface area contributed by atoms with E-state index in [-0.39, 0.29) is 17.8 Å². The SMILES string of the molecule is CCCCCNc1ccccc1C(=O)NC(C)c1ccc(F)cc1. The van der Waals surface area contributed by atoms with Gasteiger partial charge in [-0.3, -0.25) is 4.79 Å². The number of hydrogen-bond acceptors (Lipinski definition) is 2. The Kier molecular flexibility index (Phi) is 6.79. The van der Waals surface area contributed by atoms with Crippen molar-refractivity contribution in [1.29, 1.82) is 0 Å². The van der Waals surface area contributed by atoms with Gasteiger partial charge in [0.15, 0.2) is 0 Å². The van der Waals surface area contributed by atoms with Crippen molar-refractivity contribution in [3.8, 4) is 0 Å². The number of hydrogen-bond donors (Lipinski definition) is 2. The zero-order valence-corrected chi connectivity index (χ0v) is 14.3. The van der Waals surface area contributed by atoms with E-state index in [2.05, 4.69) is 17.6 Å². The van der Waals surface area contributed by atoms with Gasteiger partial charge in [-0.2, -0.15) is 0 Å². The molecule has 0 aliphatic heterocycles. The molecule has 0 heterocycles. The molecule has 0 saturated heterocycles.